The second-order valence-corrected chi connectivity index (χ2v) is 7.41. The van der Waals surface area contributed by atoms with Gasteiger partial charge in [0, 0.05) is 21.8 Å². The largest absolute Gasteiger partial charge is 0.453 e. The van der Waals surface area contributed by atoms with Crippen LogP contribution in [-0.2, 0) is 9.47 Å². The fourth-order valence-electron chi connectivity index (χ4n) is 3.45. The number of aromatic nitrogens is 2. The molecule has 7 heteroatoms. The first-order valence-corrected chi connectivity index (χ1v) is 9.66. The van der Waals surface area contributed by atoms with Gasteiger partial charge in [-0.05, 0) is 45.3 Å². The molecule has 30 heavy (non-hydrogen) atoms. The molecule has 154 valence electrons. The second kappa shape index (κ2) is 8.04. The Bertz CT molecular complexity index is 1140. The van der Waals surface area contributed by atoms with Crippen molar-refractivity contribution >= 4 is 33.7 Å². The van der Waals surface area contributed by atoms with E-state index in [2.05, 4.69) is 9.97 Å². The predicted molar refractivity (Wildman–Crippen MR) is 114 cm³/mol. The zero-order valence-corrected chi connectivity index (χ0v) is 17.0. The Hall–Kier alpha value is -3.58. The Morgan fingerprint density at radius 2 is 1.27 bits per heavy atom. The highest BCUT2D eigenvalue weighted by Gasteiger charge is 2.29. The molecule has 0 aliphatic carbocycles. The molecule has 2 aromatic carbocycles. The minimum absolute atomic E-state index is 0.345. The number of rotatable bonds is 6. The molecule has 0 saturated carbocycles. The highest BCUT2D eigenvalue weighted by molar-refractivity contribution is 5.95. The molecule has 2 N–H and O–H groups in total. The van der Waals surface area contributed by atoms with Gasteiger partial charge in [-0.3, -0.25) is 4.90 Å². The van der Waals surface area contributed by atoms with Crippen molar-refractivity contribution in [2.75, 3.05) is 14.1 Å². The fourth-order valence-corrected chi connectivity index (χ4v) is 3.45. The molecule has 0 aliphatic heterocycles. The van der Waals surface area contributed by atoms with Gasteiger partial charge in [-0.2, -0.15) is 0 Å². The lowest BCUT2D eigenvalue weighted by Gasteiger charge is -2.28. The Labute approximate surface area is 173 Å². The van der Waals surface area contributed by atoms with Crippen molar-refractivity contribution in [3.63, 3.8) is 0 Å². The van der Waals surface area contributed by atoms with Gasteiger partial charge in [0.25, 0.3) is 0 Å². The van der Waals surface area contributed by atoms with E-state index in [4.69, 9.17) is 9.47 Å². The van der Waals surface area contributed by atoms with E-state index in [1.807, 2.05) is 48.5 Å². The first-order chi connectivity index (χ1) is 14.4. The van der Waals surface area contributed by atoms with Crippen molar-refractivity contribution < 1.29 is 19.1 Å². The maximum Gasteiger partial charge on any atom is 0.356 e. The summed E-state index contributed by atoms with van der Waals surface area (Å²) >= 11 is 0. The maximum atomic E-state index is 12.7. The molecule has 2 aromatic heterocycles. The van der Waals surface area contributed by atoms with E-state index in [0.29, 0.717) is 11.4 Å². The molecular weight excluding hydrogens is 382 g/mol. The summed E-state index contributed by atoms with van der Waals surface area (Å²) in [6.45, 7) is 1.70. The smallest absolute Gasteiger partial charge is 0.356 e. The van der Waals surface area contributed by atoms with Gasteiger partial charge in [-0.1, -0.05) is 36.4 Å². The van der Waals surface area contributed by atoms with Gasteiger partial charge in [0.15, 0.2) is 12.3 Å². The molecular formula is C23H23N3O4. The van der Waals surface area contributed by atoms with Crippen molar-refractivity contribution in [3.05, 3.63) is 72.1 Å². The number of esters is 2. The van der Waals surface area contributed by atoms with Crippen LogP contribution in [0.4, 0.5) is 0 Å². The van der Waals surface area contributed by atoms with E-state index in [1.54, 1.807) is 38.1 Å². The van der Waals surface area contributed by atoms with E-state index < -0.39 is 24.3 Å². The van der Waals surface area contributed by atoms with E-state index in [1.165, 1.54) is 0 Å². The molecule has 2 unspecified atom stereocenters. The van der Waals surface area contributed by atoms with Crippen LogP contribution in [0.3, 0.4) is 0 Å². The number of aromatic amines is 2. The topological polar surface area (TPSA) is 87.4 Å². The SMILES string of the molecule is CC(OC(=O)c1cc2ccccc2[nH]1)C(OC(=O)c1cc2ccccc2[nH]1)N(C)C. The van der Waals surface area contributed by atoms with Crippen LogP contribution in [0.2, 0.25) is 0 Å². The number of para-hydroxylation sites is 2. The van der Waals surface area contributed by atoms with Crippen molar-refractivity contribution in [1.29, 1.82) is 0 Å². The number of fused-ring (bicyclic) bond motifs is 2. The van der Waals surface area contributed by atoms with E-state index in [0.717, 1.165) is 21.8 Å². The van der Waals surface area contributed by atoms with Gasteiger partial charge < -0.3 is 19.4 Å². The summed E-state index contributed by atoms with van der Waals surface area (Å²) in [5, 5.41) is 1.84. The maximum absolute atomic E-state index is 12.7. The highest BCUT2D eigenvalue weighted by atomic mass is 16.6. The van der Waals surface area contributed by atoms with Crippen LogP contribution in [-0.4, -0.2) is 53.2 Å². The van der Waals surface area contributed by atoms with Gasteiger partial charge in [0.2, 0.25) is 0 Å². The van der Waals surface area contributed by atoms with Crippen LogP contribution in [0, 0.1) is 0 Å². The van der Waals surface area contributed by atoms with Gasteiger partial charge in [-0.25, -0.2) is 9.59 Å². The standard InChI is InChI=1S/C23H23N3O4/c1-14(29-22(27)19-12-15-8-4-6-10-17(15)24-19)21(26(2)3)30-23(28)20-13-16-9-5-7-11-18(16)25-20/h4-14,21,24-25H,1-3H3. The van der Waals surface area contributed by atoms with E-state index in [9.17, 15) is 9.59 Å². The summed E-state index contributed by atoms with van der Waals surface area (Å²) in [7, 11) is 3.52. The summed E-state index contributed by atoms with van der Waals surface area (Å²) in [5.41, 5.74) is 2.40. The van der Waals surface area contributed by atoms with Crippen LogP contribution in [0.25, 0.3) is 21.8 Å². The Morgan fingerprint density at radius 1 is 0.800 bits per heavy atom. The minimum atomic E-state index is -0.753. The highest BCUT2D eigenvalue weighted by Crippen LogP contribution is 2.19. The number of nitrogens with one attached hydrogen (secondary N) is 2. The van der Waals surface area contributed by atoms with Crippen molar-refractivity contribution in [2.24, 2.45) is 0 Å². The van der Waals surface area contributed by atoms with Crippen LogP contribution < -0.4 is 0 Å². The zero-order chi connectivity index (χ0) is 21.3. The van der Waals surface area contributed by atoms with Crippen molar-refractivity contribution in [1.82, 2.24) is 14.9 Å². The molecule has 0 amide bonds. The first-order valence-electron chi connectivity index (χ1n) is 9.66. The number of ether oxygens (including phenoxy) is 2. The summed E-state index contributed by atoms with van der Waals surface area (Å²) < 4.78 is 11.2. The molecule has 2 atom stereocenters. The van der Waals surface area contributed by atoms with Gasteiger partial charge in [-0.15, -0.1) is 0 Å². The molecule has 0 aliphatic rings. The molecule has 0 fully saturated rings. The number of carbonyl (C=O) groups excluding carboxylic acids is 2. The monoisotopic (exact) mass is 405 g/mol. The van der Waals surface area contributed by atoms with Crippen LogP contribution in [0.1, 0.15) is 27.9 Å². The molecule has 0 radical (unpaired) electrons. The minimum Gasteiger partial charge on any atom is -0.453 e. The van der Waals surface area contributed by atoms with Crippen LogP contribution >= 0.6 is 0 Å². The van der Waals surface area contributed by atoms with Gasteiger partial charge >= 0.3 is 11.9 Å². The number of H-pyrrole nitrogens is 2. The normalized spacial score (nSPS) is 13.5. The van der Waals surface area contributed by atoms with Crippen LogP contribution in [0.15, 0.2) is 60.7 Å². The molecule has 2 heterocycles. The average Bonchev–Trinajstić information content (AvgIpc) is 3.35. The molecule has 0 spiro atoms. The summed E-state index contributed by atoms with van der Waals surface area (Å²) in [6, 6.07) is 18.7. The lowest BCUT2D eigenvalue weighted by atomic mass is 10.2. The van der Waals surface area contributed by atoms with Crippen LogP contribution in [0.5, 0.6) is 0 Å². The molecule has 0 saturated heterocycles. The van der Waals surface area contributed by atoms with Gasteiger partial charge in [0.1, 0.15) is 11.4 Å². The summed E-state index contributed by atoms with van der Waals surface area (Å²) in [5.74, 6) is -1.02. The number of hydrogen-bond acceptors (Lipinski definition) is 5. The average molecular weight is 405 g/mol. The van der Waals surface area contributed by atoms with E-state index >= 15 is 0 Å². The third-order valence-electron chi connectivity index (χ3n) is 4.93. The molecule has 4 rings (SSSR count). The number of hydrogen-bond donors (Lipinski definition) is 2. The Kier molecular flexibility index (Phi) is 5.29. The van der Waals surface area contributed by atoms with Crippen molar-refractivity contribution in [3.8, 4) is 0 Å². The summed E-state index contributed by atoms with van der Waals surface area (Å²) in [4.78, 5) is 33.1. The van der Waals surface area contributed by atoms with Crippen molar-refractivity contribution in [2.45, 2.75) is 19.3 Å². The number of carbonyl (C=O) groups is 2. The summed E-state index contributed by atoms with van der Waals surface area (Å²) in [6.07, 6.45) is -1.44. The quantitative estimate of drug-likeness (QED) is 0.375. The third-order valence-corrected chi connectivity index (χ3v) is 4.93. The number of likely N-dealkylation sites (N-methyl/N-ethyl adjacent to an activating group) is 1. The zero-order valence-electron chi connectivity index (χ0n) is 17.0. The van der Waals surface area contributed by atoms with E-state index in [-0.39, 0.29) is 0 Å². The lowest BCUT2D eigenvalue weighted by molar-refractivity contribution is -0.0805. The number of nitrogens with zero attached hydrogens (tertiary/aromatic N) is 1. The molecule has 0 bridgehead atoms. The third kappa shape index (κ3) is 3.92. The Morgan fingerprint density at radius 3 is 1.73 bits per heavy atom. The fraction of sp³-hybridized carbons (Fsp3) is 0.217. The Balaban J connectivity index is 1.47. The molecule has 4 aromatic rings. The first kappa shape index (κ1) is 19.7. The second-order valence-electron chi connectivity index (χ2n) is 7.41. The lowest BCUT2D eigenvalue weighted by Crippen LogP contribution is -2.43. The van der Waals surface area contributed by atoms with Gasteiger partial charge in [0.05, 0.1) is 0 Å². The number of benzene rings is 2. The molecule has 7 nitrogen and oxygen atoms in total. The predicted octanol–water partition coefficient (Wildman–Crippen LogP) is 3.94.